The fourth-order valence-corrected chi connectivity index (χ4v) is 10.9. The van der Waals surface area contributed by atoms with Crippen LogP contribution in [0.4, 0.5) is 0 Å². The van der Waals surface area contributed by atoms with E-state index in [0.717, 1.165) is 46.2 Å². The van der Waals surface area contributed by atoms with Gasteiger partial charge >= 0.3 is 0 Å². The Balaban J connectivity index is 0.920. The lowest BCUT2D eigenvalue weighted by atomic mass is 9.35. The van der Waals surface area contributed by atoms with Crippen LogP contribution in [0.2, 0.25) is 0 Å². The summed E-state index contributed by atoms with van der Waals surface area (Å²) in [6.07, 6.45) is 7.84. The lowest BCUT2D eigenvalue weighted by Crippen LogP contribution is -2.75. The third kappa shape index (κ3) is 3.11. The van der Waals surface area contributed by atoms with E-state index in [9.17, 15) is 14.4 Å². The molecule has 8 rings (SSSR count). The smallest absolute Gasteiger partial charge is 0.255 e. The van der Waals surface area contributed by atoms with E-state index in [-0.39, 0.29) is 24.1 Å². The first-order valence-electron chi connectivity index (χ1n) is 13.5. The number of thiazole rings is 1. The maximum Gasteiger partial charge on any atom is 0.255 e. The molecule has 1 aromatic carbocycles. The third-order valence-electron chi connectivity index (χ3n) is 10.5. The number of aromatic nitrogens is 1. The highest BCUT2D eigenvalue weighted by molar-refractivity contribution is 7.98. The van der Waals surface area contributed by atoms with E-state index in [1.54, 1.807) is 28.0 Å². The van der Waals surface area contributed by atoms with Crippen molar-refractivity contribution in [1.29, 1.82) is 0 Å². The molecule has 4 aliphatic carbocycles. The monoisotopic (exact) mass is 534 g/mol. The summed E-state index contributed by atoms with van der Waals surface area (Å²) in [5.41, 5.74) is 3.75. The van der Waals surface area contributed by atoms with Gasteiger partial charge in [-0.3, -0.25) is 19.7 Å². The molecule has 2 aromatic rings. The predicted molar refractivity (Wildman–Crippen MR) is 140 cm³/mol. The summed E-state index contributed by atoms with van der Waals surface area (Å²) < 4.78 is 0. The first-order valence-corrected chi connectivity index (χ1v) is 15.4. The molecule has 6 unspecified atom stereocenters. The molecular weight excluding hydrogens is 504 g/mol. The number of benzene rings is 1. The van der Waals surface area contributed by atoms with Crippen LogP contribution in [0.25, 0.3) is 0 Å². The Labute approximate surface area is 224 Å². The van der Waals surface area contributed by atoms with Crippen molar-refractivity contribution < 1.29 is 14.4 Å². The zero-order valence-electron chi connectivity index (χ0n) is 20.6. The van der Waals surface area contributed by atoms with Crippen molar-refractivity contribution in [3.8, 4) is 0 Å². The van der Waals surface area contributed by atoms with Crippen LogP contribution in [-0.4, -0.2) is 39.2 Å². The van der Waals surface area contributed by atoms with Crippen LogP contribution in [0.5, 0.6) is 0 Å². The molecule has 2 aliphatic heterocycles. The number of nitrogens with zero attached hydrogens (tertiary/aromatic N) is 2. The Hall–Kier alpha value is -2.23. The number of fused-ring (bicyclic) bond motifs is 2. The second-order valence-corrected chi connectivity index (χ2v) is 14.0. The largest absolute Gasteiger partial charge is 0.322 e. The van der Waals surface area contributed by atoms with Gasteiger partial charge in [-0.25, -0.2) is 4.98 Å². The molecule has 9 heteroatoms. The summed E-state index contributed by atoms with van der Waals surface area (Å²) >= 11 is 3.45. The van der Waals surface area contributed by atoms with Crippen molar-refractivity contribution in [3.05, 3.63) is 45.4 Å². The zero-order chi connectivity index (χ0) is 24.9. The Bertz CT molecular complexity index is 1360. The Morgan fingerprint density at radius 2 is 2.08 bits per heavy atom. The number of carbonyl (C=O) groups excluding carboxylic acids is 3. The molecule has 3 amide bonds. The van der Waals surface area contributed by atoms with Crippen molar-refractivity contribution in [2.75, 3.05) is 0 Å². The molecule has 5 fully saturated rings. The Morgan fingerprint density at radius 3 is 2.92 bits per heavy atom. The Kier molecular flexibility index (Phi) is 4.85. The van der Waals surface area contributed by atoms with E-state index in [1.165, 1.54) is 37.1 Å². The van der Waals surface area contributed by atoms with E-state index in [2.05, 4.69) is 22.1 Å². The van der Waals surface area contributed by atoms with Gasteiger partial charge in [0, 0.05) is 46.6 Å². The average Bonchev–Trinajstić information content (AvgIpc) is 3.61. The summed E-state index contributed by atoms with van der Waals surface area (Å²) in [6, 6.07) is 5.22. The molecule has 1 aromatic heterocycles. The predicted octanol–water partition coefficient (Wildman–Crippen LogP) is 3.86. The van der Waals surface area contributed by atoms with Crippen molar-refractivity contribution in [2.45, 2.75) is 80.3 Å². The summed E-state index contributed by atoms with van der Waals surface area (Å²) in [7, 11) is 0. The molecule has 1 saturated heterocycles. The van der Waals surface area contributed by atoms with Crippen LogP contribution in [0.15, 0.2) is 28.5 Å². The molecule has 2 bridgehead atoms. The molecule has 4 saturated carbocycles. The van der Waals surface area contributed by atoms with Crippen molar-refractivity contribution in [1.82, 2.24) is 20.5 Å². The third-order valence-corrected chi connectivity index (χ3v) is 12.5. The van der Waals surface area contributed by atoms with Crippen LogP contribution in [0, 0.1) is 23.2 Å². The van der Waals surface area contributed by atoms with E-state index in [0.29, 0.717) is 29.5 Å². The first kappa shape index (κ1) is 22.7. The molecule has 37 heavy (non-hydrogen) atoms. The normalized spacial score (nSPS) is 36.8. The maximum atomic E-state index is 13.1. The number of hydrogen-bond donors (Lipinski definition) is 2. The first-order chi connectivity index (χ1) is 18.0. The number of nitrogens with one attached hydrogen (secondary N) is 2. The van der Waals surface area contributed by atoms with Gasteiger partial charge in [0.25, 0.3) is 5.91 Å². The van der Waals surface area contributed by atoms with Gasteiger partial charge in [-0.15, -0.1) is 23.1 Å². The molecule has 6 atom stereocenters. The lowest BCUT2D eigenvalue weighted by Gasteiger charge is -2.73. The SMILES string of the molecule is O=C1CCC(N2Cc3c(SCc4csc(CNC56CC7CC8CC(C5)C86C7)n4)cccc3C2=O)C(=O)N1. The Morgan fingerprint density at radius 1 is 1.16 bits per heavy atom. The second kappa shape index (κ2) is 7.90. The van der Waals surface area contributed by atoms with Gasteiger partial charge in [0.15, 0.2) is 0 Å². The van der Waals surface area contributed by atoms with Gasteiger partial charge in [-0.1, -0.05) is 6.07 Å². The molecule has 2 N–H and O–H groups in total. The molecule has 7 nitrogen and oxygen atoms in total. The van der Waals surface area contributed by atoms with E-state index in [4.69, 9.17) is 4.98 Å². The molecular formula is C28H30N4O3S2. The van der Waals surface area contributed by atoms with E-state index in [1.807, 2.05) is 12.1 Å². The highest BCUT2D eigenvalue weighted by Crippen LogP contribution is 2.82. The van der Waals surface area contributed by atoms with Gasteiger partial charge in [0.1, 0.15) is 11.0 Å². The van der Waals surface area contributed by atoms with Crippen LogP contribution in [0.3, 0.4) is 0 Å². The molecule has 6 aliphatic rings. The topological polar surface area (TPSA) is 91.4 Å². The number of hydrogen-bond acceptors (Lipinski definition) is 7. The summed E-state index contributed by atoms with van der Waals surface area (Å²) in [5, 5.41) is 9.72. The fourth-order valence-electron chi connectivity index (χ4n) is 9.08. The number of piperidine rings is 1. The standard InChI is InChI=1S/C28H30N4O3S2/c33-23-5-4-21(25(34)31-23)32-12-20-19(26(32)35)2-1-3-22(20)36-13-18-14-37-24(30-18)11-29-27-8-15-6-16-7-17(10-27)28(16,27)9-15/h1-3,14-17,21,29H,4-13H2,(H,31,33,34). The zero-order valence-corrected chi connectivity index (χ0v) is 22.3. The minimum absolute atomic E-state index is 0.125. The fraction of sp³-hybridized carbons (Fsp3) is 0.571. The lowest BCUT2D eigenvalue weighted by molar-refractivity contribution is -0.207. The summed E-state index contributed by atoms with van der Waals surface area (Å²) in [5.74, 6) is 2.93. The van der Waals surface area contributed by atoms with Crippen LogP contribution in [0.1, 0.15) is 71.6 Å². The van der Waals surface area contributed by atoms with Gasteiger partial charge in [0.05, 0.1) is 5.69 Å². The number of rotatable bonds is 7. The highest BCUT2D eigenvalue weighted by atomic mass is 32.2. The highest BCUT2D eigenvalue weighted by Gasteiger charge is 2.80. The summed E-state index contributed by atoms with van der Waals surface area (Å²) in [6.45, 7) is 1.28. The van der Waals surface area contributed by atoms with Gasteiger partial charge in [-0.05, 0) is 79.4 Å². The quantitative estimate of drug-likeness (QED) is 0.414. The number of amides is 3. The van der Waals surface area contributed by atoms with Crippen LogP contribution < -0.4 is 10.6 Å². The molecule has 3 heterocycles. The van der Waals surface area contributed by atoms with Crippen molar-refractivity contribution in [2.24, 2.45) is 23.2 Å². The number of imide groups is 1. The van der Waals surface area contributed by atoms with Gasteiger partial charge in [0.2, 0.25) is 11.8 Å². The number of carbonyl (C=O) groups is 3. The molecule has 192 valence electrons. The summed E-state index contributed by atoms with van der Waals surface area (Å²) in [4.78, 5) is 44.6. The van der Waals surface area contributed by atoms with Crippen LogP contribution in [-0.2, 0) is 28.4 Å². The minimum Gasteiger partial charge on any atom is -0.322 e. The second-order valence-electron chi connectivity index (χ2n) is 12.0. The molecule has 1 spiro atoms. The minimum atomic E-state index is -0.584. The van der Waals surface area contributed by atoms with Crippen molar-refractivity contribution >= 4 is 40.8 Å². The van der Waals surface area contributed by atoms with Crippen LogP contribution >= 0.6 is 23.1 Å². The average molecular weight is 535 g/mol. The van der Waals surface area contributed by atoms with E-state index < -0.39 is 6.04 Å². The van der Waals surface area contributed by atoms with E-state index >= 15 is 0 Å². The van der Waals surface area contributed by atoms with Gasteiger partial charge < -0.3 is 10.2 Å². The molecule has 0 radical (unpaired) electrons. The van der Waals surface area contributed by atoms with Crippen molar-refractivity contribution in [3.63, 3.8) is 0 Å². The van der Waals surface area contributed by atoms with Gasteiger partial charge in [-0.2, -0.15) is 0 Å². The number of thioether (sulfide) groups is 1. The maximum absolute atomic E-state index is 13.1.